The van der Waals surface area contributed by atoms with Crippen LogP contribution in [0.3, 0.4) is 0 Å². The van der Waals surface area contributed by atoms with E-state index in [9.17, 15) is 5.11 Å². The van der Waals surface area contributed by atoms with E-state index < -0.39 is 5.76 Å². The molecule has 0 unspecified atom stereocenters. The van der Waals surface area contributed by atoms with E-state index >= 15 is 0 Å². The summed E-state index contributed by atoms with van der Waals surface area (Å²) in [5.41, 5.74) is 0. The molecular weight excluding hydrogens is 204 g/mol. The van der Waals surface area contributed by atoms with Crippen LogP contribution in [0.1, 0.15) is 58.3 Å². The smallest absolute Gasteiger partial charge is 0.192 e. The van der Waals surface area contributed by atoms with Gasteiger partial charge in [-0.25, -0.2) is 0 Å². The van der Waals surface area contributed by atoms with Crippen LogP contribution < -0.4 is 0 Å². The number of aliphatic hydroxyl groups is 3. The Hall–Kier alpha value is -1.12. The molecule has 3 N–H and O–H groups in total. The van der Waals surface area contributed by atoms with Crippen LogP contribution in [0, 0.1) is 0 Å². The van der Waals surface area contributed by atoms with Crippen molar-refractivity contribution < 1.29 is 15.3 Å². The molecule has 0 aliphatic rings. The number of aliphatic hydroxyl groups excluding tert-OH is 3. The molecule has 0 heterocycles. The first-order chi connectivity index (χ1) is 7.72. The van der Waals surface area contributed by atoms with Crippen molar-refractivity contribution in [1.82, 2.24) is 0 Å². The zero-order valence-corrected chi connectivity index (χ0v) is 10.2. The summed E-state index contributed by atoms with van der Waals surface area (Å²) < 4.78 is 0. The Labute approximate surface area is 98.1 Å². The summed E-state index contributed by atoms with van der Waals surface area (Å²) in [6, 6.07) is 0. The monoisotopic (exact) mass is 228 g/mol. The predicted octanol–water partition coefficient (Wildman–Crippen LogP) is 4.53. The number of hydrogen-bond acceptors (Lipinski definition) is 3. The molecule has 0 spiro atoms. The Morgan fingerprint density at radius 3 is 2.00 bits per heavy atom. The minimum absolute atomic E-state index is 0.242. The van der Waals surface area contributed by atoms with Crippen molar-refractivity contribution in [3.8, 4) is 0 Å². The topological polar surface area (TPSA) is 60.7 Å². The summed E-state index contributed by atoms with van der Waals surface area (Å²) in [6.45, 7) is 2.20. The van der Waals surface area contributed by atoms with Gasteiger partial charge in [-0.2, -0.15) is 0 Å². The van der Waals surface area contributed by atoms with E-state index in [4.69, 9.17) is 10.2 Å². The van der Waals surface area contributed by atoms with E-state index in [0.29, 0.717) is 6.26 Å². The number of unbranched alkanes of at least 4 members (excludes halogenated alkanes) is 7. The van der Waals surface area contributed by atoms with Gasteiger partial charge < -0.3 is 15.3 Å². The lowest BCUT2D eigenvalue weighted by atomic mass is 10.1. The van der Waals surface area contributed by atoms with Crippen LogP contribution in [0.2, 0.25) is 0 Å². The molecule has 0 saturated carbocycles. The van der Waals surface area contributed by atoms with Gasteiger partial charge in [0.15, 0.2) is 11.5 Å². The summed E-state index contributed by atoms with van der Waals surface area (Å²) in [7, 11) is 0. The van der Waals surface area contributed by atoms with Gasteiger partial charge in [-0.1, -0.05) is 45.4 Å². The van der Waals surface area contributed by atoms with Gasteiger partial charge in [0.25, 0.3) is 0 Å². The molecule has 0 aromatic heterocycles. The fourth-order valence-electron chi connectivity index (χ4n) is 1.51. The van der Waals surface area contributed by atoms with Crippen LogP contribution in [0.15, 0.2) is 23.9 Å². The maximum atomic E-state index is 9.17. The van der Waals surface area contributed by atoms with Gasteiger partial charge in [-0.15, -0.1) is 0 Å². The third-order valence-electron chi connectivity index (χ3n) is 2.53. The Bertz CT molecular complexity index is 219. The third kappa shape index (κ3) is 8.21. The van der Waals surface area contributed by atoms with Crippen molar-refractivity contribution >= 4 is 0 Å². The molecule has 0 bridgehead atoms. The van der Waals surface area contributed by atoms with Crippen LogP contribution in [-0.4, -0.2) is 15.3 Å². The standard InChI is InChI=1S/C13H24O3/c1-2-3-4-5-6-7-8-9-10-12(15)13(16)11-14/h10-11,14-16H,2-9H2,1H3. The van der Waals surface area contributed by atoms with E-state index in [-0.39, 0.29) is 5.76 Å². The Balaban J connectivity index is 3.39. The lowest BCUT2D eigenvalue weighted by Gasteiger charge is -2.00. The Kier molecular flexibility index (Phi) is 9.67. The van der Waals surface area contributed by atoms with E-state index in [1.807, 2.05) is 0 Å². The van der Waals surface area contributed by atoms with E-state index in [2.05, 4.69) is 6.92 Å². The second-order valence-electron chi connectivity index (χ2n) is 4.01. The first-order valence-corrected chi connectivity index (χ1v) is 6.15. The molecule has 3 nitrogen and oxygen atoms in total. The molecule has 0 radical (unpaired) electrons. The second-order valence-corrected chi connectivity index (χ2v) is 4.01. The summed E-state index contributed by atoms with van der Waals surface area (Å²) >= 11 is 0. The molecule has 0 saturated heterocycles. The first kappa shape index (κ1) is 14.9. The van der Waals surface area contributed by atoms with Gasteiger partial charge in [0, 0.05) is 0 Å². The predicted molar refractivity (Wildman–Crippen MR) is 66.7 cm³/mol. The van der Waals surface area contributed by atoms with Gasteiger partial charge in [-0.3, -0.25) is 0 Å². The highest BCUT2D eigenvalue weighted by molar-refractivity contribution is 5.14. The van der Waals surface area contributed by atoms with Crippen LogP contribution in [0.4, 0.5) is 0 Å². The summed E-state index contributed by atoms with van der Waals surface area (Å²) in [5, 5.41) is 26.5. The molecule has 0 aliphatic carbocycles. The van der Waals surface area contributed by atoms with E-state index in [1.54, 1.807) is 0 Å². The zero-order valence-electron chi connectivity index (χ0n) is 10.2. The summed E-state index contributed by atoms with van der Waals surface area (Å²) in [6.07, 6.45) is 11.3. The SMILES string of the molecule is CCCCCCCCCC=C(O)C(O)=CO. The van der Waals surface area contributed by atoms with Crippen LogP contribution in [-0.2, 0) is 0 Å². The molecule has 0 atom stereocenters. The number of allylic oxidation sites excluding steroid dienone is 1. The van der Waals surface area contributed by atoms with E-state index in [1.165, 1.54) is 38.2 Å². The van der Waals surface area contributed by atoms with Gasteiger partial charge in [0.1, 0.15) is 6.26 Å². The normalized spacial score (nSPS) is 13.1. The average Bonchev–Trinajstić information content (AvgIpc) is 2.31. The van der Waals surface area contributed by atoms with Gasteiger partial charge >= 0.3 is 0 Å². The maximum Gasteiger partial charge on any atom is 0.192 e. The van der Waals surface area contributed by atoms with Crippen molar-refractivity contribution in [2.75, 3.05) is 0 Å². The number of rotatable bonds is 9. The molecule has 0 amide bonds. The molecule has 0 aromatic rings. The highest BCUT2D eigenvalue weighted by Gasteiger charge is 1.98. The molecule has 3 heteroatoms. The second kappa shape index (κ2) is 10.4. The lowest BCUT2D eigenvalue weighted by molar-refractivity contribution is 0.302. The van der Waals surface area contributed by atoms with Crippen molar-refractivity contribution in [2.24, 2.45) is 0 Å². The highest BCUT2D eigenvalue weighted by Crippen LogP contribution is 2.10. The maximum absolute atomic E-state index is 9.17. The minimum atomic E-state index is -0.469. The van der Waals surface area contributed by atoms with Crippen LogP contribution in [0.25, 0.3) is 0 Å². The Morgan fingerprint density at radius 2 is 1.44 bits per heavy atom. The molecule has 16 heavy (non-hydrogen) atoms. The van der Waals surface area contributed by atoms with Crippen molar-refractivity contribution in [1.29, 1.82) is 0 Å². The molecule has 0 aromatic carbocycles. The van der Waals surface area contributed by atoms with Crippen molar-refractivity contribution in [2.45, 2.75) is 58.3 Å². The van der Waals surface area contributed by atoms with Gasteiger partial charge in [0.2, 0.25) is 0 Å². The highest BCUT2D eigenvalue weighted by atomic mass is 16.3. The third-order valence-corrected chi connectivity index (χ3v) is 2.53. The lowest BCUT2D eigenvalue weighted by Crippen LogP contribution is -1.87. The van der Waals surface area contributed by atoms with Gasteiger partial charge in [-0.05, 0) is 18.9 Å². The largest absolute Gasteiger partial charge is 0.512 e. The summed E-state index contributed by atoms with van der Waals surface area (Å²) in [5.74, 6) is -0.712. The first-order valence-electron chi connectivity index (χ1n) is 6.15. The quantitative estimate of drug-likeness (QED) is 0.309. The molecule has 0 aliphatic heterocycles. The molecular formula is C13H24O3. The van der Waals surface area contributed by atoms with Crippen molar-refractivity contribution in [3.05, 3.63) is 23.9 Å². The summed E-state index contributed by atoms with van der Waals surface area (Å²) in [4.78, 5) is 0. The number of hydrogen-bond donors (Lipinski definition) is 3. The fourth-order valence-corrected chi connectivity index (χ4v) is 1.51. The van der Waals surface area contributed by atoms with E-state index in [0.717, 1.165) is 19.3 Å². The average molecular weight is 228 g/mol. The Morgan fingerprint density at radius 1 is 0.875 bits per heavy atom. The van der Waals surface area contributed by atoms with Crippen LogP contribution in [0.5, 0.6) is 0 Å². The minimum Gasteiger partial charge on any atom is -0.512 e. The molecule has 0 fully saturated rings. The fraction of sp³-hybridized carbons (Fsp3) is 0.692. The molecule has 0 rings (SSSR count). The van der Waals surface area contributed by atoms with Crippen molar-refractivity contribution in [3.63, 3.8) is 0 Å². The molecule has 94 valence electrons. The zero-order chi connectivity index (χ0) is 12.2. The van der Waals surface area contributed by atoms with Crippen LogP contribution >= 0.6 is 0 Å². The van der Waals surface area contributed by atoms with Gasteiger partial charge in [0.05, 0.1) is 0 Å².